The summed E-state index contributed by atoms with van der Waals surface area (Å²) in [5.41, 5.74) is 0.161. The topological polar surface area (TPSA) is 97.3 Å². The number of oxazole rings is 1. The van der Waals surface area contributed by atoms with Crippen LogP contribution in [-0.4, -0.2) is 48.5 Å². The molecule has 160 valence electrons. The van der Waals surface area contributed by atoms with E-state index in [9.17, 15) is 9.90 Å². The summed E-state index contributed by atoms with van der Waals surface area (Å²) < 4.78 is 5.95. The minimum absolute atomic E-state index is 0.00447. The summed E-state index contributed by atoms with van der Waals surface area (Å²) in [6.45, 7) is 8.10. The van der Waals surface area contributed by atoms with Crippen molar-refractivity contribution in [1.82, 2.24) is 24.9 Å². The molecule has 8 nitrogen and oxygen atoms in total. The van der Waals surface area contributed by atoms with Gasteiger partial charge in [0.1, 0.15) is 17.1 Å². The number of nitrogens with zero attached hydrogens (tertiary/aromatic N) is 5. The molecule has 1 amide bonds. The Labute approximate surface area is 179 Å². The molecule has 0 aromatic carbocycles. The Morgan fingerprint density at radius 2 is 2.10 bits per heavy atom. The molecule has 3 atom stereocenters. The summed E-state index contributed by atoms with van der Waals surface area (Å²) in [7, 11) is 0. The first-order valence-corrected chi connectivity index (χ1v) is 11.1. The van der Waals surface area contributed by atoms with Crippen molar-refractivity contribution in [3.63, 3.8) is 0 Å². The quantitative estimate of drug-likeness (QED) is 0.665. The number of likely N-dealkylation sites (tertiary alicyclic amines) is 1. The van der Waals surface area contributed by atoms with E-state index in [1.165, 1.54) is 16.1 Å². The van der Waals surface area contributed by atoms with Crippen molar-refractivity contribution < 1.29 is 14.3 Å². The number of aliphatic hydroxyl groups is 1. The monoisotopic (exact) mass is 429 g/mol. The zero-order valence-corrected chi connectivity index (χ0v) is 18.5. The maximum Gasteiger partial charge on any atom is 0.257 e. The average molecular weight is 430 g/mol. The van der Waals surface area contributed by atoms with Crippen LogP contribution >= 0.6 is 11.3 Å². The fraction of sp³-hybridized carbons (Fsp3) is 0.524. The van der Waals surface area contributed by atoms with Gasteiger partial charge in [-0.05, 0) is 51.5 Å². The molecule has 0 bridgehead atoms. The third-order valence-corrected chi connectivity index (χ3v) is 6.86. The predicted molar refractivity (Wildman–Crippen MR) is 113 cm³/mol. The Morgan fingerprint density at radius 1 is 1.37 bits per heavy atom. The third-order valence-electron chi connectivity index (χ3n) is 5.98. The smallest absolute Gasteiger partial charge is 0.257 e. The summed E-state index contributed by atoms with van der Waals surface area (Å²) in [6, 6.07) is 1.94. The number of hydrogen-bond donors (Lipinski definition) is 1. The van der Waals surface area contributed by atoms with E-state index in [0.29, 0.717) is 40.9 Å². The Bertz CT molecular complexity index is 1020. The van der Waals surface area contributed by atoms with Crippen LogP contribution in [0.2, 0.25) is 0 Å². The van der Waals surface area contributed by atoms with Gasteiger partial charge in [-0.15, -0.1) is 16.1 Å². The van der Waals surface area contributed by atoms with E-state index in [-0.39, 0.29) is 17.9 Å². The van der Waals surface area contributed by atoms with Crippen LogP contribution in [0.5, 0.6) is 0 Å². The summed E-state index contributed by atoms with van der Waals surface area (Å²) in [6.07, 6.45) is 5.49. The van der Waals surface area contributed by atoms with Crippen LogP contribution in [0.1, 0.15) is 73.7 Å². The van der Waals surface area contributed by atoms with Crippen molar-refractivity contribution >= 4 is 17.2 Å². The van der Waals surface area contributed by atoms with Gasteiger partial charge in [-0.3, -0.25) is 4.79 Å². The van der Waals surface area contributed by atoms with Gasteiger partial charge in [0.2, 0.25) is 0 Å². The first kappa shape index (κ1) is 20.7. The van der Waals surface area contributed by atoms with Gasteiger partial charge < -0.3 is 14.4 Å². The van der Waals surface area contributed by atoms with Crippen molar-refractivity contribution in [2.24, 2.45) is 0 Å². The standard InChI is InChI=1S/C21H27N5O3S/c1-5-21(4,28)17-14(3)29-18(24-17)15-7-6-13(2)25(12-15)19(27)16-8-11-30-20(16)26-22-9-10-23-26/h8-11,13,15,28H,5-7,12H2,1-4H3/t13-,15-,21?/m1/s1. The van der Waals surface area contributed by atoms with Crippen LogP contribution in [0.15, 0.2) is 28.3 Å². The van der Waals surface area contributed by atoms with Crippen LogP contribution in [0.25, 0.3) is 5.00 Å². The fourth-order valence-corrected chi connectivity index (χ4v) is 4.75. The van der Waals surface area contributed by atoms with E-state index in [1.54, 1.807) is 19.3 Å². The molecule has 3 aromatic heterocycles. The van der Waals surface area contributed by atoms with Crippen LogP contribution < -0.4 is 0 Å². The van der Waals surface area contributed by atoms with E-state index >= 15 is 0 Å². The SMILES string of the molecule is CCC(C)(O)c1nc([C@@H]2CC[C@@H](C)N(C(=O)c3ccsc3-n3nccn3)C2)oc1C. The highest BCUT2D eigenvalue weighted by Crippen LogP contribution is 2.35. The van der Waals surface area contributed by atoms with E-state index in [0.717, 1.165) is 12.8 Å². The van der Waals surface area contributed by atoms with Crippen molar-refractivity contribution in [1.29, 1.82) is 0 Å². The van der Waals surface area contributed by atoms with Crippen LogP contribution in [0, 0.1) is 6.92 Å². The zero-order chi connectivity index (χ0) is 21.5. The van der Waals surface area contributed by atoms with Crippen molar-refractivity contribution in [3.05, 3.63) is 46.7 Å². The first-order valence-electron chi connectivity index (χ1n) is 10.3. The molecule has 30 heavy (non-hydrogen) atoms. The minimum Gasteiger partial charge on any atom is -0.445 e. The molecule has 4 heterocycles. The Morgan fingerprint density at radius 3 is 2.80 bits per heavy atom. The molecule has 0 saturated carbocycles. The predicted octanol–water partition coefficient (Wildman–Crippen LogP) is 3.65. The first-order chi connectivity index (χ1) is 14.3. The van der Waals surface area contributed by atoms with Crippen LogP contribution in [-0.2, 0) is 5.60 Å². The Balaban J connectivity index is 1.59. The van der Waals surface area contributed by atoms with Gasteiger partial charge in [0, 0.05) is 12.6 Å². The molecular formula is C21H27N5O3S. The highest BCUT2D eigenvalue weighted by molar-refractivity contribution is 7.12. The number of hydrogen-bond acceptors (Lipinski definition) is 7. The van der Waals surface area contributed by atoms with Crippen LogP contribution in [0.3, 0.4) is 0 Å². The number of carbonyl (C=O) groups excluding carboxylic acids is 1. The van der Waals surface area contributed by atoms with Gasteiger partial charge in [-0.2, -0.15) is 10.2 Å². The van der Waals surface area contributed by atoms with Gasteiger partial charge in [0.15, 0.2) is 10.9 Å². The molecule has 9 heteroatoms. The van der Waals surface area contributed by atoms with Crippen molar-refractivity contribution in [2.75, 3.05) is 6.54 Å². The highest BCUT2D eigenvalue weighted by atomic mass is 32.1. The van der Waals surface area contributed by atoms with Crippen LogP contribution in [0.4, 0.5) is 0 Å². The summed E-state index contributed by atoms with van der Waals surface area (Å²) in [5.74, 6) is 1.19. The Kier molecular flexibility index (Phi) is 5.50. The van der Waals surface area contributed by atoms with E-state index < -0.39 is 5.60 Å². The van der Waals surface area contributed by atoms with Gasteiger partial charge in [-0.1, -0.05) is 6.92 Å². The molecule has 1 fully saturated rings. The maximum absolute atomic E-state index is 13.4. The Hall–Kier alpha value is -2.52. The number of piperidine rings is 1. The summed E-state index contributed by atoms with van der Waals surface area (Å²) >= 11 is 1.44. The molecule has 1 aliphatic rings. The number of carbonyl (C=O) groups is 1. The molecule has 0 aliphatic carbocycles. The largest absolute Gasteiger partial charge is 0.445 e. The fourth-order valence-electron chi connectivity index (χ4n) is 3.94. The number of aryl methyl sites for hydroxylation is 1. The number of rotatable bonds is 5. The third kappa shape index (κ3) is 3.67. The summed E-state index contributed by atoms with van der Waals surface area (Å²) in [4.78, 5) is 21.4. The molecule has 1 saturated heterocycles. The highest BCUT2D eigenvalue weighted by Gasteiger charge is 2.36. The summed E-state index contributed by atoms with van der Waals surface area (Å²) in [5, 5.41) is 21.6. The average Bonchev–Trinajstić information content (AvgIpc) is 3.47. The zero-order valence-electron chi connectivity index (χ0n) is 17.7. The number of aromatic nitrogens is 4. The second kappa shape index (κ2) is 7.96. The maximum atomic E-state index is 13.4. The molecule has 0 spiro atoms. The molecule has 1 N–H and O–H groups in total. The van der Waals surface area contributed by atoms with Crippen molar-refractivity contribution in [2.45, 2.75) is 64.5 Å². The van der Waals surface area contributed by atoms with Gasteiger partial charge in [0.25, 0.3) is 5.91 Å². The lowest BCUT2D eigenvalue weighted by Crippen LogP contribution is -2.45. The van der Waals surface area contributed by atoms with E-state index in [1.807, 2.05) is 30.2 Å². The lowest BCUT2D eigenvalue weighted by atomic mass is 9.92. The number of amides is 1. The second-order valence-electron chi connectivity index (χ2n) is 8.12. The minimum atomic E-state index is -1.02. The molecule has 4 rings (SSSR count). The molecule has 0 radical (unpaired) electrons. The molecule has 3 aromatic rings. The van der Waals surface area contributed by atoms with Gasteiger partial charge in [0.05, 0.1) is 23.9 Å². The lowest BCUT2D eigenvalue weighted by Gasteiger charge is -2.37. The van der Waals surface area contributed by atoms with E-state index in [2.05, 4.69) is 22.1 Å². The van der Waals surface area contributed by atoms with Gasteiger partial charge in [-0.25, -0.2) is 4.98 Å². The van der Waals surface area contributed by atoms with Gasteiger partial charge >= 0.3 is 0 Å². The normalized spacial score (nSPS) is 21.6. The van der Waals surface area contributed by atoms with E-state index in [4.69, 9.17) is 4.42 Å². The molecule has 1 aliphatic heterocycles. The number of thiophene rings is 1. The molecule has 1 unspecified atom stereocenters. The molecular weight excluding hydrogens is 402 g/mol. The van der Waals surface area contributed by atoms with Crippen molar-refractivity contribution in [3.8, 4) is 5.00 Å². The second-order valence-corrected chi connectivity index (χ2v) is 9.02. The lowest BCUT2D eigenvalue weighted by molar-refractivity contribution is 0.0473.